The van der Waals surface area contributed by atoms with E-state index in [-0.39, 0.29) is 22.4 Å². The van der Waals surface area contributed by atoms with Crippen molar-refractivity contribution in [1.82, 2.24) is 8.87 Å². The van der Waals surface area contributed by atoms with Crippen LogP contribution >= 0.6 is 0 Å². The maximum absolute atomic E-state index is 13.4. The van der Waals surface area contributed by atoms with Crippen LogP contribution in [0.15, 0.2) is 56.6 Å². The Balaban J connectivity index is 1.82. The molecule has 6 nitrogen and oxygen atoms in total. The Kier molecular flexibility index (Phi) is 4.24. The molecule has 2 heterocycles. The van der Waals surface area contributed by atoms with Crippen molar-refractivity contribution in [1.29, 1.82) is 0 Å². The third kappa shape index (κ3) is 2.82. The van der Waals surface area contributed by atoms with Gasteiger partial charge in [0.05, 0.1) is 16.5 Å². The molecule has 1 aromatic heterocycles. The fraction of sp³-hybridized carbons (Fsp3) is 0.350. The molecule has 1 unspecified atom stereocenters. The van der Waals surface area contributed by atoms with Crippen LogP contribution in [0.3, 0.4) is 0 Å². The molecule has 1 aliphatic heterocycles. The molecule has 4 rings (SSSR count). The molecule has 0 saturated carbocycles. The highest BCUT2D eigenvalue weighted by atomic mass is 32.2. The summed E-state index contributed by atoms with van der Waals surface area (Å²) in [6.45, 7) is 4.50. The van der Waals surface area contributed by atoms with Crippen molar-refractivity contribution >= 4 is 21.1 Å². The van der Waals surface area contributed by atoms with Crippen molar-refractivity contribution in [3.8, 4) is 0 Å². The third-order valence-electron chi connectivity index (χ3n) is 5.29. The normalized spacial score (nSPS) is 18.1. The van der Waals surface area contributed by atoms with Crippen molar-refractivity contribution in [2.75, 3.05) is 6.54 Å². The van der Waals surface area contributed by atoms with E-state index in [2.05, 4.69) is 6.07 Å². The molecule has 27 heavy (non-hydrogen) atoms. The van der Waals surface area contributed by atoms with E-state index < -0.39 is 15.8 Å². The van der Waals surface area contributed by atoms with E-state index in [0.717, 1.165) is 5.56 Å². The van der Waals surface area contributed by atoms with Gasteiger partial charge in [-0.15, -0.1) is 0 Å². The van der Waals surface area contributed by atoms with Gasteiger partial charge in [-0.2, -0.15) is 4.31 Å². The highest BCUT2D eigenvalue weighted by molar-refractivity contribution is 7.89. The first kappa shape index (κ1) is 18.0. The van der Waals surface area contributed by atoms with Crippen molar-refractivity contribution in [2.45, 2.75) is 31.2 Å². The lowest BCUT2D eigenvalue weighted by Gasteiger charge is -2.38. The maximum Gasteiger partial charge on any atom is 0.419 e. The lowest BCUT2D eigenvalue weighted by atomic mass is 9.88. The topological polar surface area (TPSA) is 72.5 Å². The van der Waals surface area contributed by atoms with Gasteiger partial charge in [0.15, 0.2) is 5.58 Å². The first-order valence-electron chi connectivity index (χ1n) is 9.00. The SMILES string of the molecule is CC(C)C1c2ccccc2CCN1S(=O)(=O)c1ccc2c(c1)oc(=O)n2C. The molecule has 142 valence electrons. The van der Waals surface area contributed by atoms with E-state index in [1.54, 1.807) is 23.5 Å². The summed E-state index contributed by atoms with van der Waals surface area (Å²) in [6, 6.07) is 12.4. The smallest absolute Gasteiger partial charge is 0.408 e. The van der Waals surface area contributed by atoms with Gasteiger partial charge in [0.25, 0.3) is 0 Å². The predicted octanol–water partition coefficient (Wildman–Crippen LogP) is 3.08. The average molecular weight is 386 g/mol. The lowest BCUT2D eigenvalue weighted by molar-refractivity contribution is 0.248. The van der Waals surface area contributed by atoms with Crippen molar-refractivity contribution in [2.24, 2.45) is 13.0 Å². The van der Waals surface area contributed by atoms with E-state index in [0.29, 0.717) is 18.5 Å². The predicted molar refractivity (Wildman–Crippen MR) is 103 cm³/mol. The molecule has 3 aromatic rings. The van der Waals surface area contributed by atoms with Crippen LogP contribution in [-0.2, 0) is 23.5 Å². The zero-order valence-corrected chi connectivity index (χ0v) is 16.4. The summed E-state index contributed by atoms with van der Waals surface area (Å²) in [5.41, 5.74) is 3.12. The second-order valence-electron chi connectivity index (χ2n) is 7.31. The molecule has 0 bridgehead atoms. The molecule has 7 heteroatoms. The first-order valence-corrected chi connectivity index (χ1v) is 10.4. The molecule has 0 fully saturated rings. The molecule has 0 spiro atoms. The van der Waals surface area contributed by atoms with Crippen molar-refractivity contribution < 1.29 is 12.8 Å². The van der Waals surface area contributed by atoms with Crippen molar-refractivity contribution in [3.05, 3.63) is 64.1 Å². The summed E-state index contributed by atoms with van der Waals surface area (Å²) in [4.78, 5) is 11.9. The fourth-order valence-electron chi connectivity index (χ4n) is 3.95. The van der Waals surface area contributed by atoms with Gasteiger partial charge in [-0.05, 0) is 35.6 Å². The molecule has 2 aromatic carbocycles. The monoisotopic (exact) mass is 386 g/mol. The molecule has 0 amide bonds. The minimum atomic E-state index is -3.73. The van der Waals surface area contributed by atoms with Gasteiger partial charge in [0.1, 0.15) is 0 Å². The molecule has 1 atom stereocenters. The van der Waals surface area contributed by atoms with E-state index in [1.165, 1.54) is 16.2 Å². The standard InChI is InChI=1S/C20H22N2O4S/c1-13(2)19-16-7-5-4-6-14(16)10-11-22(19)27(24,25)15-8-9-17-18(12-15)26-20(23)21(17)3/h4-9,12-13,19H,10-11H2,1-3H3. The summed E-state index contributed by atoms with van der Waals surface area (Å²) in [7, 11) is -2.14. The van der Waals surface area contributed by atoms with Crippen LogP contribution in [0.4, 0.5) is 0 Å². The number of hydrogen-bond donors (Lipinski definition) is 0. The summed E-state index contributed by atoms with van der Waals surface area (Å²) in [5, 5.41) is 0. The van der Waals surface area contributed by atoms with E-state index >= 15 is 0 Å². The maximum atomic E-state index is 13.4. The summed E-state index contributed by atoms with van der Waals surface area (Å²) in [5.74, 6) is -0.383. The van der Waals surface area contributed by atoms with E-state index in [4.69, 9.17) is 4.42 Å². The van der Waals surface area contributed by atoms with E-state index in [1.807, 2.05) is 32.0 Å². The van der Waals surface area contributed by atoms with Gasteiger partial charge in [-0.25, -0.2) is 13.2 Å². The summed E-state index contributed by atoms with van der Waals surface area (Å²) < 4.78 is 35.0. The Morgan fingerprint density at radius 3 is 2.63 bits per heavy atom. The molecule has 0 radical (unpaired) electrons. The van der Waals surface area contributed by atoms with E-state index in [9.17, 15) is 13.2 Å². The molecule has 0 N–H and O–H groups in total. The number of oxazole rings is 1. The first-order chi connectivity index (χ1) is 12.8. The van der Waals surface area contributed by atoms with Crippen molar-refractivity contribution in [3.63, 3.8) is 0 Å². The molecule has 0 aliphatic carbocycles. The zero-order chi connectivity index (χ0) is 19.3. The Morgan fingerprint density at radius 1 is 1.15 bits per heavy atom. The molecular formula is C20H22N2O4S. The minimum Gasteiger partial charge on any atom is -0.408 e. The summed E-state index contributed by atoms with van der Waals surface area (Å²) in [6.07, 6.45) is 0.682. The van der Waals surface area contributed by atoms with Crippen LogP contribution in [0.2, 0.25) is 0 Å². The van der Waals surface area contributed by atoms with Crippen LogP contribution in [-0.4, -0.2) is 23.8 Å². The van der Waals surface area contributed by atoms with Crippen LogP contribution in [0.1, 0.15) is 31.0 Å². The zero-order valence-electron chi connectivity index (χ0n) is 15.5. The Hall–Kier alpha value is -2.38. The highest BCUT2D eigenvalue weighted by Gasteiger charge is 2.38. The van der Waals surface area contributed by atoms with Gasteiger partial charge in [0.2, 0.25) is 10.0 Å². The minimum absolute atomic E-state index is 0.125. The number of sulfonamides is 1. The number of aromatic nitrogens is 1. The lowest BCUT2D eigenvalue weighted by Crippen LogP contribution is -2.42. The largest absolute Gasteiger partial charge is 0.419 e. The van der Waals surface area contributed by atoms with Gasteiger partial charge in [-0.3, -0.25) is 4.57 Å². The Morgan fingerprint density at radius 2 is 1.89 bits per heavy atom. The summed E-state index contributed by atoms with van der Waals surface area (Å²) >= 11 is 0. The Labute approximate surface area is 158 Å². The van der Waals surface area contributed by atoms with Crippen LogP contribution in [0.5, 0.6) is 0 Å². The quantitative estimate of drug-likeness (QED) is 0.693. The second-order valence-corrected chi connectivity index (χ2v) is 9.20. The Bertz CT molecular complexity index is 1170. The van der Waals surface area contributed by atoms with Crippen LogP contribution in [0.25, 0.3) is 11.1 Å². The number of aryl methyl sites for hydroxylation is 1. The number of rotatable bonds is 3. The second kappa shape index (κ2) is 6.35. The molecular weight excluding hydrogens is 364 g/mol. The number of nitrogens with zero attached hydrogens (tertiary/aromatic N) is 2. The van der Waals surface area contributed by atoms with Crippen LogP contribution < -0.4 is 5.76 Å². The molecule has 1 aliphatic rings. The third-order valence-corrected chi connectivity index (χ3v) is 7.16. The number of benzene rings is 2. The van der Waals surface area contributed by atoms with Gasteiger partial charge >= 0.3 is 5.76 Å². The molecule has 0 saturated heterocycles. The number of fused-ring (bicyclic) bond motifs is 2. The van der Waals surface area contributed by atoms with Gasteiger partial charge in [0, 0.05) is 19.7 Å². The highest BCUT2D eigenvalue weighted by Crippen LogP contribution is 2.38. The fourth-order valence-corrected chi connectivity index (χ4v) is 5.70. The van der Waals surface area contributed by atoms with Gasteiger partial charge in [-0.1, -0.05) is 38.1 Å². The van der Waals surface area contributed by atoms with Gasteiger partial charge < -0.3 is 4.42 Å². The number of hydrogen-bond acceptors (Lipinski definition) is 4. The average Bonchev–Trinajstić information content (AvgIpc) is 2.94. The van der Waals surface area contributed by atoms with Crippen LogP contribution in [0, 0.1) is 5.92 Å².